The van der Waals surface area contributed by atoms with E-state index in [4.69, 9.17) is 8.83 Å². The molecule has 10 aromatic carbocycles. The van der Waals surface area contributed by atoms with Crippen molar-refractivity contribution in [2.24, 2.45) is 0 Å². The third-order valence-electron chi connectivity index (χ3n) is 12.6. The van der Waals surface area contributed by atoms with E-state index in [-0.39, 0.29) is 0 Å². The number of hydrogen-bond acceptors (Lipinski definition) is 2. The van der Waals surface area contributed by atoms with Crippen molar-refractivity contribution in [3.63, 3.8) is 0 Å². The Kier molecular flexibility index (Phi) is 5.73. The van der Waals surface area contributed by atoms with Crippen LogP contribution in [0.1, 0.15) is 0 Å². The summed E-state index contributed by atoms with van der Waals surface area (Å²) in [6.45, 7) is 0. The second-order valence-corrected chi connectivity index (χ2v) is 15.7. The lowest BCUT2D eigenvalue weighted by molar-refractivity contribution is 0.668. The molecule has 0 atom stereocenters. The van der Waals surface area contributed by atoms with Crippen molar-refractivity contribution in [1.29, 1.82) is 0 Å². The first-order chi connectivity index (χ1) is 28.7. The smallest absolute Gasteiger partial charge is 0.137 e. The van der Waals surface area contributed by atoms with E-state index >= 15 is 0 Å². The van der Waals surface area contributed by atoms with Crippen LogP contribution in [-0.2, 0) is 0 Å². The maximum absolute atomic E-state index is 6.67. The minimum atomic E-state index is 0.865. The number of fused-ring (bicyclic) bond motifs is 17. The van der Waals surface area contributed by atoms with Crippen molar-refractivity contribution in [3.05, 3.63) is 182 Å². The SMILES string of the molecule is c1ccc2c(c1)ccc1c2c2ccccc2n1-c1ccc2c(c1)oc1cc3cc4oc5cc(-n6c7ccccc7c7c8ccccc8ccc76)ccc5c4cc3cc12. The lowest BCUT2D eigenvalue weighted by Crippen LogP contribution is -1.93. The Morgan fingerprint density at radius 2 is 0.672 bits per heavy atom. The minimum Gasteiger partial charge on any atom is -0.456 e. The molecule has 14 aromatic rings. The first-order valence-corrected chi connectivity index (χ1v) is 19.8. The fraction of sp³-hybridized carbons (Fsp3) is 0. The third kappa shape index (κ3) is 3.98. The highest BCUT2D eigenvalue weighted by Gasteiger charge is 2.19. The number of benzene rings is 10. The van der Waals surface area contributed by atoms with Gasteiger partial charge in [-0.25, -0.2) is 0 Å². The number of hydrogen-bond donors (Lipinski definition) is 0. The zero-order valence-electron chi connectivity index (χ0n) is 31.0. The van der Waals surface area contributed by atoms with Gasteiger partial charge in [-0.3, -0.25) is 0 Å². The summed E-state index contributed by atoms with van der Waals surface area (Å²) in [5.74, 6) is 0. The monoisotopic (exact) mass is 738 g/mol. The first kappa shape index (κ1) is 30.4. The summed E-state index contributed by atoms with van der Waals surface area (Å²) >= 11 is 0. The molecule has 4 heterocycles. The molecule has 58 heavy (non-hydrogen) atoms. The molecule has 4 nitrogen and oxygen atoms in total. The topological polar surface area (TPSA) is 36.1 Å². The summed E-state index contributed by atoms with van der Waals surface area (Å²) < 4.78 is 18.1. The molecule has 0 unspecified atom stereocenters. The van der Waals surface area contributed by atoms with Crippen molar-refractivity contribution in [2.75, 3.05) is 0 Å². The normalized spacial score (nSPS) is 12.5. The second-order valence-electron chi connectivity index (χ2n) is 15.7. The van der Waals surface area contributed by atoms with Gasteiger partial charge in [-0.15, -0.1) is 0 Å². The van der Waals surface area contributed by atoms with Crippen LogP contribution in [0, 0.1) is 0 Å². The zero-order chi connectivity index (χ0) is 37.6. The molecule has 268 valence electrons. The summed E-state index contributed by atoms with van der Waals surface area (Å²) in [5, 5.41) is 16.7. The second kappa shape index (κ2) is 10.9. The zero-order valence-corrected chi connectivity index (χ0v) is 31.0. The lowest BCUT2D eigenvalue weighted by atomic mass is 10.0. The van der Waals surface area contributed by atoms with E-state index in [1.165, 1.54) is 65.2 Å². The average Bonchev–Trinajstić information content (AvgIpc) is 4.01. The van der Waals surface area contributed by atoms with Crippen LogP contribution in [0.3, 0.4) is 0 Å². The molecular weight excluding hydrogens is 709 g/mol. The number of para-hydroxylation sites is 2. The molecule has 0 aliphatic heterocycles. The van der Waals surface area contributed by atoms with Gasteiger partial charge in [0.05, 0.1) is 22.1 Å². The van der Waals surface area contributed by atoms with Gasteiger partial charge in [-0.1, -0.05) is 97.1 Å². The van der Waals surface area contributed by atoms with Gasteiger partial charge >= 0.3 is 0 Å². The van der Waals surface area contributed by atoms with E-state index in [0.717, 1.165) is 66.0 Å². The Balaban J connectivity index is 0.918. The molecule has 0 bridgehead atoms. The molecule has 0 aliphatic carbocycles. The third-order valence-corrected chi connectivity index (χ3v) is 12.6. The number of nitrogens with zero attached hydrogens (tertiary/aromatic N) is 2. The molecule has 4 heteroatoms. The Morgan fingerprint density at radius 1 is 0.259 bits per heavy atom. The highest BCUT2D eigenvalue weighted by atomic mass is 16.3. The summed E-state index contributed by atoms with van der Waals surface area (Å²) in [4.78, 5) is 0. The van der Waals surface area contributed by atoms with Crippen molar-refractivity contribution in [2.45, 2.75) is 0 Å². The summed E-state index contributed by atoms with van der Waals surface area (Å²) in [6, 6.07) is 65.8. The lowest BCUT2D eigenvalue weighted by Gasteiger charge is -2.08. The van der Waals surface area contributed by atoms with Gasteiger partial charge in [0.2, 0.25) is 0 Å². The quantitative estimate of drug-likeness (QED) is 0.177. The summed E-state index contributed by atoms with van der Waals surface area (Å²) in [5.41, 5.74) is 10.4. The molecule has 4 aromatic heterocycles. The van der Waals surface area contributed by atoms with Crippen LogP contribution >= 0.6 is 0 Å². The molecular formula is C54H30N2O2. The van der Waals surface area contributed by atoms with Crippen LogP contribution in [0.25, 0.3) is 131 Å². The molecule has 0 radical (unpaired) electrons. The highest BCUT2D eigenvalue weighted by molar-refractivity contribution is 6.23. The predicted octanol–water partition coefficient (Wildman–Crippen LogP) is 15.1. The van der Waals surface area contributed by atoms with E-state index in [1.54, 1.807) is 0 Å². The number of rotatable bonds is 2. The Labute approximate surface area is 329 Å². The van der Waals surface area contributed by atoms with Crippen LogP contribution in [0.4, 0.5) is 0 Å². The Morgan fingerprint density at radius 3 is 1.17 bits per heavy atom. The largest absolute Gasteiger partial charge is 0.456 e. The van der Waals surface area contributed by atoms with E-state index in [0.29, 0.717) is 0 Å². The van der Waals surface area contributed by atoms with E-state index in [9.17, 15) is 0 Å². The van der Waals surface area contributed by atoms with Crippen LogP contribution in [0.2, 0.25) is 0 Å². The van der Waals surface area contributed by atoms with Gasteiger partial charge < -0.3 is 18.0 Å². The van der Waals surface area contributed by atoms with Gasteiger partial charge in [-0.05, 0) is 105 Å². The van der Waals surface area contributed by atoms with E-state index in [1.807, 2.05) is 0 Å². The molecule has 0 N–H and O–H groups in total. The van der Waals surface area contributed by atoms with E-state index < -0.39 is 0 Å². The van der Waals surface area contributed by atoms with Crippen molar-refractivity contribution >= 4 is 120 Å². The molecule has 0 saturated heterocycles. The van der Waals surface area contributed by atoms with Crippen molar-refractivity contribution in [3.8, 4) is 11.4 Å². The first-order valence-electron chi connectivity index (χ1n) is 19.8. The Hall–Kier alpha value is -7.82. The minimum absolute atomic E-state index is 0.865. The fourth-order valence-electron chi connectivity index (χ4n) is 10.1. The van der Waals surface area contributed by atoms with E-state index in [2.05, 4.69) is 191 Å². The maximum atomic E-state index is 6.67. The highest BCUT2D eigenvalue weighted by Crippen LogP contribution is 2.42. The molecule has 0 saturated carbocycles. The number of furan rings is 2. The predicted molar refractivity (Wildman–Crippen MR) is 242 cm³/mol. The number of aromatic nitrogens is 2. The molecule has 0 fully saturated rings. The van der Waals surface area contributed by atoms with Crippen LogP contribution in [0.15, 0.2) is 191 Å². The maximum Gasteiger partial charge on any atom is 0.137 e. The van der Waals surface area contributed by atoms with Crippen LogP contribution < -0.4 is 0 Å². The van der Waals surface area contributed by atoms with Crippen molar-refractivity contribution < 1.29 is 8.83 Å². The van der Waals surface area contributed by atoms with Gasteiger partial charge in [0.15, 0.2) is 0 Å². The van der Waals surface area contributed by atoms with Gasteiger partial charge in [0, 0.05) is 66.6 Å². The van der Waals surface area contributed by atoms with Crippen molar-refractivity contribution in [1.82, 2.24) is 9.13 Å². The van der Waals surface area contributed by atoms with Gasteiger partial charge in [0.25, 0.3) is 0 Å². The van der Waals surface area contributed by atoms with Crippen LogP contribution in [-0.4, -0.2) is 9.13 Å². The standard InChI is InChI=1S/C54H30N2O2/c1-3-11-37-31(9-1)17-23-47-53(37)41-13-5-7-15-45(41)55(47)35-19-21-39-43-25-33-26-44-40-22-20-36(30-52(40)58-50(44)28-34(33)27-49(43)57-51(39)29-35)56-46-16-8-6-14-42(46)54-38-12-4-2-10-32(38)18-24-48(54)56/h1-30H. The Bertz CT molecular complexity index is 3840. The van der Waals surface area contributed by atoms with Gasteiger partial charge in [-0.2, -0.15) is 0 Å². The summed E-state index contributed by atoms with van der Waals surface area (Å²) in [7, 11) is 0. The summed E-state index contributed by atoms with van der Waals surface area (Å²) in [6.07, 6.45) is 0. The fourth-order valence-corrected chi connectivity index (χ4v) is 10.1. The van der Waals surface area contributed by atoms with Crippen LogP contribution in [0.5, 0.6) is 0 Å². The molecule has 0 amide bonds. The van der Waals surface area contributed by atoms with Gasteiger partial charge in [0.1, 0.15) is 22.3 Å². The molecule has 0 spiro atoms. The molecule has 0 aliphatic rings. The average molecular weight is 739 g/mol. The molecule has 14 rings (SSSR count).